The van der Waals surface area contributed by atoms with E-state index in [1.165, 1.54) is 6.07 Å². The minimum Gasteiger partial charge on any atom is -0.371 e. The molecule has 2 aromatic carbocycles. The zero-order valence-corrected chi connectivity index (χ0v) is 11.8. The number of aryl methyl sites for hydroxylation is 2. The highest BCUT2D eigenvalue weighted by molar-refractivity contribution is 5.95. The van der Waals surface area contributed by atoms with Gasteiger partial charge in [-0.3, -0.25) is 4.79 Å². The van der Waals surface area contributed by atoms with Crippen LogP contribution in [0, 0.1) is 25.5 Å². The van der Waals surface area contributed by atoms with Gasteiger partial charge < -0.3 is 10.6 Å². The van der Waals surface area contributed by atoms with Crippen LogP contribution in [0.5, 0.6) is 0 Å². The maximum absolute atomic E-state index is 13.4. The topological polar surface area (TPSA) is 41.1 Å². The molecule has 0 fully saturated rings. The minimum absolute atomic E-state index is 0.217. The zero-order chi connectivity index (χ0) is 15.4. The molecule has 0 saturated carbocycles. The summed E-state index contributed by atoms with van der Waals surface area (Å²) in [5.74, 6) is -1.82. The Morgan fingerprint density at radius 1 is 0.952 bits per heavy atom. The van der Waals surface area contributed by atoms with E-state index in [0.29, 0.717) is 0 Å². The number of carbonyl (C=O) groups excluding carboxylic acids is 1. The second-order valence-electron chi connectivity index (χ2n) is 4.77. The Balaban J connectivity index is 2.03. The van der Waals surface area contributed by atoms with Crippen molar-refractivity contribution >= 4 is 17.3 Å². The molecule has 0 aliphatic heterocycles. The van der Waals surface area contributed by atoms with E-state index in [4.69, 9.17) is 0 Å². The number of para-hydroxylation sites is 2. The van der Waals surface area contributed by atoms with Crippen LogP contribution in [0.1, 0.15) is 11.1 Å². The molecule has 0 bridgehead atoms. The third-order valence-corrected chi connectivity index (χ3v) is 3.13. The summed E-state index contributed by atoms with van der Waals surface area (Å²) in [6.07, 6.45) is 0. The summed E-state index contributed by atoms with van der Waals surface area (Å²) >= 11 is 0. The van der Waals surface area contributed by atoms with Gasteiger partial charge in [-0.25, -0.2) is 8.78 Å². The normalized spacial score (nSPS) is 10.3. The van der Waals surface area contributed by atoms with E-state index < -0.39 is 11.6 Å². The average Bonchev–Trinajstić information content (AvgIpc) is 2.42. The number of amides is 1. The summed E-state index contributed by atoms with van der Waals surface area (Å²) in [6.45, 7) is 3.55. The van der Waals surface area contributed by atoms with Crippen molar-refractivity contribution in [1.29, 1.82) is 0 Å². The van der Waals surface area contributed by atoms with Crippen molar-refractivity contribution in [3.8, 4) is 0 Å². The van der Waals surface area contributed by atoms with Gasteiger partial charge in [-0.15, -0.1) is 0 Å². The van der Waals surface area contributed by atoms with E-state index >= 15 is 0 Å². The molecule has 1 amide bonds. The van der Waals surface area contributed by atoms with Gasteiger partial charge in [-0.1, -0.05) is 24.3 Å². The first kappa shape index (κ1) is 15.0. The van der Waals surface area contributed by atoms with Crippen molar-refractivity contribution in [2.75, 3.05) is 17.2 Å². The summed E-state index contributed by atoms with van der Waals surface area (Å²) in [5, 5.41) is 5.22. The Morgan fingerprint density at radius 2 is 1.48 bits per heavy atom. The molecule has 2 rings (SSSR count). The van der Waals surface area contributed by atoms with Crippen molar-refractivity contribution in [3.63, 3.8) is 0 Å². The van der Waals surface area contributed by atoms with E-state index in [9.17, 15) is 13.6 Å². The monoisotopic (exact) mass is 290 g/mol. The summed E-state index contributed by atoms with van der Waals surface area (Å²) in [7, 11) is 0. The lowest BCUT2D eigenvalue weighted by Gasteiger charge is -2.13. The van der Waals surface area contributed by atoms with Gasteiger partial charge in [-0.05, 0) is 37.1 Å². The molecule has 21 heavy (non-hydrogen) atoms. The third-order valence-electron chi connectivity index (χ3n) is 3.13. The number of anilines is 2. The molecular formula is C16H16F2N2O. The van der Waals surface area contributed by atoms with Crippen molar-refractivity contribution < 1.29 is 13.6 Å². The number of halogens is 2. The maximum atomic E-state index is 13.4. The van der Waals surface area contributed by atoms with Gasteiger partial charge in [0, 0.05) is 5.69 Å². The quantitative estimate of drug-likeness (QED) is 0.902. The minimum atomic E-state index is -0.727. The van der Waals surface area contributed by atoms with Crippen molar-refractivity contribution in [3.05, 3.63) is 59.2 Å². The highest BCUT2D eigenvalue weighted by Crippen LogP contribution is 2.20. The molecule has 0 radical (unpaired) electrons. The molecule has 3 nitrogen and oxygen atoms in total. The maximum Gasteiger partial charge on any atom is 0.243 e. The van der Waals surface area contributed by atoms with Crippen LogP contribution in [-0.4, -0.2) is 12.5 Å². The SMILES string of the molecule is Cc1cccc(C)c1NC(=O)CNc1c(F)cccc1F. The van der Waals surface area contributed by atoms with Gasteiger partial charge in [0.1, 0.15) is 17.3 Å². The molecule has 0 atom stereocenters. The van der Waals surface area contributed by atoms with Gasteiger partial charge in [0.25, 0.3) is 0 Å². The lowest BCUT2D eigenvalue weighted by molar-refractivity contribution is -0.114. The molecule has 0 spiro atoms. The predicted octanol–water partition coefficient (Wildman–Crippen LogP) is 3.63. The fourth-order valence-corrected chi connectivity index (χ4v) is 2.03. The highest BCUT2D eigenvalue weighted by Gasteiger charge is 2.11. The van der Waals surface area contributed by atoms with Crippen LogP contribution >= 0.6 is 0 Å². The summed E-state index contributed by atoms with van der Waals surface area (Å²) in [4.78, 5) is 11.9. The van der Waals surface area contributed by atoms with E-state index in [1.807, 2.05) is 32.0 Å². The molecule has 0 unspecified atom stereocenters. The van der Waals surface area contributed by atoms with Crippen LogP contribution in [0.3, 0.4) is 0 Å². The number of carbonyl (C=O) groups is 1. The number of hydrogen-bond donors (Lipinski definition) is 2. The molecular weight excluding hydrogens is 274 g/mol. The summed E-state index contributed by atoms with van der Waals surface area (Å²) in [5.41, 5.74) is 2.29. The van der Waals surface area contributed by atoms with Gasteiger partial charge in [0.05, 0.1) is 6.54 Å². The van der Waals surface area contributed by atoms with E-state index in [2.05, 4.69) is 10.6 Å². The summed E-state index contributed by atoms with van der Waals surface area (Å²) < 4.78 is 26.8. The number of rotatable bonds is 4. The van der Waals surface area contributed by atoms with Crippen molar-refractivity contribution in [2.45, 2.75) is 13.8 Å². The second-order valence-corrected chi connectivity index (χ2v) is 4.77. The number of nitrogens with one attached hydrogen (secondary N) is 2. The Kier molecular flexibility index (Phi) is 4.52. The third kappa shape index (κ3) is 3.56. The molecule has 110 valence electrons. The van der Waals surface area contributed by atoms with Crippen LogP contribution in [0.25, 0.3) is 0 Å². The van der Waals surface area contributed by atoms with Gasteiger partial charge >= 0.3 is 0 Å². The van der Waals surface area contributed by atoms with Crippen LogP contribution < -0.4 is 10.6 Å². The molecule has 5 heteroatoms. The number of benzene rings is 2. The Bertz CT molecular complexity index is 631. The van der Waals surface area contributed by atoms with Gasteiger partial charge in [-0.2, -0.15) is 0 Å². The smallest absolute Gasteiger partial charge is 0.243 e. The first-order valence-electron chi connectivity index (χ1n) is 6.53. The van der Waals surface area contributed by atoms with Crippen molar-refractivity contribution in [1.82, 2.24) is 0 Å². The molecule has 0 aromatic heterocycles. The molecule has 0 heterocycles. The van der Waals surface area contributed by atoms with Crippen LogP contribution in [0.4, 0.5) is 20.2 Å². The highest BCUT2D eigenvalue weighted by atomic mass is 19.1. The summed E-state index contributed by atoms with van der Waals surface area (Å²) in [6, 6.07) is 9.20. The van der Waals surface area contributed by atoms with Gasteiger partial charge in [0.15, 0.2) is 0 Å². The van der Waals surface area contributed by atoms with Crippen LogP contribution in [0.2, 0.25) is 0 Å². The largest absolute Gasteiger partial charge is 0.371 e. The standard InChI is InChI=1S/C16H16F2N2O/c1-10-5-3-6-11(2)15(10)20-14(21)9-19-16-12(17)7-4-8-13(16)18/h3-8,19H,9H2,1-2H3,(H,20,21). The first-order valence-corrected chi connectivity index (χ1v) is 6.53. The van der Waals surface area contributed by atoms with E-state index in [0.717, 1.165) is 28.9 Å². The van der Waals surface area contributed by atoms with Crippen LogP contribution in [-0.2, 0) is 4.79 Å². The fraction of sp³-hybridized carbons (Fsp3) is 0.188. The number of hydrogen-bond acceptors (Lipinski definition) is 2. The predicted molar refractivity (Wildman–Crippen MR) is 79.4 cm³/mol. The van der Waals surface area contributed by atoms with Gasteiger partial charge in [0.2, 0.25) is 5.91 Å². The Hall–Kier alpha value is -2.43. The molecule has 0 aliphatic carbocycles. The van der Waals surface area contributed by atoms with E-state index in [1.54, 1.807) is 0 Å². The average molecular weight is 290 g/mol. The lowest BCUT2D eigenvalue weighted by atomic mass is 10.1. The first-order chi connectivity index (χ1) is 9.99. The molecule has 0 saturated heterocycles. The molecule has 2 N–H and O–H groups in total. The van der Waals surface area contributed by atoms with E-state index in [-0.39, 0.29) is 18.1 Å². The second kappa shape index (κ2) is 6.35. The lowest BCUT2D eigenvalue weighted by Crippen LogP contribution is -2.23. The van der Waals surface area contributed by atoms with Crippen molar-refractivity contribution in [2.24, 2.45) is 0 Å². The Labute approximate surface area is 122 Å². The Morgan fingerprint density at radius 3 is 2.05 bits per heavy atom. The van der Waals surface area contributed by atoms with Crippen LogP contribution in [0.15, 0.2) is 36.4 Å². The molecule has 2 aromatic rings. The fourth-order valence-electron chi connectivity index (χ4n) is 2.03. The zero-order valence-electron chi connectivity index (χ0n) is 11.8. The molecule has 0 aliphatic rings.